The standard InChI is InChI=1S/C14H20N2O2S/c1-9-7-11(14(15)16-17)3-4-12(9)8-19-13-5-6-18-10(13)2/h3-4,7,10,13,17H,5-6,8H2,1-2H3,(H2,15,16). The van der Waals surface area contributed by atoms with Crippen molar-refractivity contribution in [1.82, 2.24) is 0 Å². The SMILES string of the molecule is Cc1cc(/C(N)=N/O)ccc1CSC1CCOC1C. The van der Waals surface area contributed by atoms with Crippen LogP contribution < -0.4 is 5.73 Å². The zero-order valence-corrected chi connectivity index (χ0v) is 12.1. The molecule has 0 aromatic heterocycles. The Balaban J connectivity index is 2.01. The van der Waals surface area contributed by atoms with Gasteiger partial charge < -0.3 is 15.7 Å². The predicted molar refractivity (Wildman–Crippen MR) is 78.8 cm³/mol. The van der Waals surface area contributed by atoms with Crippen molar-refractivity contribution in [2.75, 3.05) is 6.61 Å². The number of benzene rings is 1. The summed E-state index contributed by atoms with van der Waals surface area (Å²) < 4.78 is 5.57. The van der Waals surface area contributed by atoms with E-state index in [4.69, 9.17) is 15.7 Å². The second-order valence-electron chi connectivity index (χ2n) is 4.84. The monoisotopic (exact) mass is 280 g/mol. The number of aryl methyl sites for hydroxylation is 1. The van der Waals surface area contributed by atoms with E-state index in [1.54, 1.807) is 0 Å². The van der Waals surface area contributed by atoms with E-state index in [2.05, 4.69) is 25.1 Å². The van der Waals surface area contributed by atoms with Crippen molar-refractivity contribution in [2.45, 2.75) is 37.4 Å². The first-order valence-corrected chi connectivity index (χ1v) is 7.47. The molecule has 1 fully saturated rings. The lowest BCUT2D eigenvalue weighted by Crippen LogP contribution is -2.14. The van der Waals surface area contributed by atoms with Gasteiger partial charge in [-0.3, -0.25) is 0 Å². The Labute approximate surface area is 118 Å². The molecule has 1 aliphatic rings. The fourth-order valence-corrected chi connectivity index (χ4v) is 3.53. The number of hydrogen-bond acceptors (Lipinski definition) is 4. The van der Waals surface area contributed by atoms with E-state index in [0.717, 1.165) is 24.3 Å². The summed E-state index contributed by atoms with van der Waals surface area (Å²) in [4.78, 5) is 0. The van der Waals surface area contributed by atoms with Crippen molar-refractivity contribution in [2.24, 2.45) is 10.9 Å². The Kier molecular flexibility index (Phi) is 4.71. The summed E-state index contributed by atoms with van der Waals surface area (Å²) in [5.74, 6) is 1.13. The molecular formula is C14H20N2O2S. The maximum Gasteiger partial charge on any atom is 0.170 e. The van der Waals surface area contributed by atoms with Gasteiger partial charge in [0.05, 0.1) is 6.10 Å². The van der Waals surface area contributed by atoms with E-state index in [1.165, 1.54) is 11.1 Å². The first kappa shape index (κ1) is 14.2. The predicted octanol–water partition coefficient (Wildman–Crippen LogP) is 2.50. The highest BCUT2D eigenvalue weighted by atomic mass is 32.2. The number of nitrogens with two attached hydrogens (primary N) is 1. The molecule has 3 N–H and O–H groups in total. The van der Waals surface area contributed by atoms with E-state index in [-0.39, 0.29) is 5.84 Å². The second kappa shape index (κ2) is 6.30. The van der Waals surface area contributed by atoms with E-state index < -0.39 is 0 Å². The molecular weight excluding hydrogens is 260 g/mol. The highest BCUT2D eigenvalue weighted by Crippen LogP contribution is 2.29. The molecule has 0 spiro atoms. The molecule has 1 aromatic rings. The number of oxime groups is 1. The lowest BCUT2D eigenvalue weighted by Gasteiger charge is -2.14. The van der Waals surface area contributed by atoms with Crippen LogP contribution in [0.5, 0.6) is 0 Å². The third-order valence-electron chi connectivity index (χ3n) is 3.51. The summed E-state index contributed by atoms with van der Waals surface area (Å²) in [6.07, 6.45) is 1.48. The lowest BCUT2D eigenvalue weighted by molar-refractivity contribution is 0.127. The molecule has 5 heteroatoms. The molecule has 0 bridgehead atoms. The number of amidine groups is 1. The zero-order valence-electron chi connectivity index (χ0n) is 11.3. The van der Waals surface area contributed by atoms with E-state index in [1.807, 2.05) is 23.9 Å². The normalized spacial score (nSPS) is 23.8. The molecule has 0 amide bonds. The van der Waals surface area contributed by atoms with Crippen LogP contribution in [-0.2, 0) is 10.5 Å². The molecule has 104 valence electrons. The van der Waals surface area contributed by atoms with Crippen molar-refractivity contribution >= 4 is 17.6 Å². The first-order valence-electron chi connectivity index (χ1n) is 6.42. The van der Waals surface area contributed by atoms with Gasteiger partial charge in [-0.25, -0.2) is 0 Å². The van der Waals surface area contributed by atoms with Gasteiger partial charge in [0, 0.05) is 23.2 Å². The minimum atomic E-state index is 0.153. The van der Waals surface area contributed by atoms with Crippen molar-refractivity contribution in [1.29, 1.82) is 0 Å². The highest BCUT2D eigenvalue weighted by molar-refractivity contribution is 7.99. The Hall–Kier alpha value is -1.20. The Morgan fingerprint density at radius 2 is 2.37 bits per heavy atom. The van der Waals surface area contributed by atoms with E-state index in [9.17, 15) is 0 Å². The van der Waals surface area contributed by atoms with Crippen LogP contribution >= 0.6 is 11.8 Å². The average molecular weight is 280 g/mol. The Morgan fingerprint density at radius 1 is 1.58 bits per heavy atom. The van der Waals surface area contributed by atoms with Crippen molar-refractivity contribution in [3.8, 4) is 0 Å². The van der Waals surface area contributed by atoms with Crippen LogP contribution in [-0.4, -0.2) is 29.0 Å². The minimum Gasteiger partial charge on any atom is -0.409 e. The van der Waals surface area contributed by atoms with Crippen LogP contribution in [0.3, 0.4) is 0 Å². The quantitative estimate of drug-likeness (QED) is 0.385. The Morgan fingerprint density at radius 3 is 2.95 bits per heavy atom. The number of hydrogen-bond donors (Lipinski definition) is 2. The zero-order chi connectivity index (χ0) is 13.8. The summed E-state index contributed by atoms with van der Waals surface area (Å²) in [7, 11) is 0. The molecule has 1 heterocycles. The number of thioether (sulfide) groups is 1. The molecule has 2 atom stereocenters. The fourth-order valence-electron chi connectivity index (χ4n) is 2.20. The van der Waals surface area contributed by atoms with Gasteiger partial charge in [0.2, 0.25) is 0 Å². The lowest BCUT2D eigenvalue weighted by atomic mass is 10.1. The molecule has 1 aliphatic heterocycles. The van der Waals surface area contributed by atoms with Crippen LogP contribution in [0.4, 0.5) is 0 Å². The van der Waals surface area contributed by atoms with Gasteiger partial charge in [-0.05, 0) is 37.5 Å². The van der Waals surface area contributed by atoms with Crippen molar-refractivity contribution in [3.63, 3.8) is 0 Å². The number of rotatable bonds is 4. The molecule has 0 aliphatic carbocycles. The molecule has 2 unspecified atom stereocenters. The van der Waals surface area contributed by atoms with Gasteiger partial charge >= 0.3 is 0 Å². The summed E-state index contributed by atoms with van der Waals surface area (Å²) in [5.41, 5.74) is 8.80. The van der Waals surface area contributed by atoms with Crippen LogP contribution in [0.25, 0.3) is 0 Å². The Bertz CT molecular complexity index is 477. The second-order valence-corrected chi connectivity index (χ2v) is 6.07. The van der Waals surface area contributed by atoms with E-state index >= 15 is 0 Å². The average Bonchev–Trinajstić information content (AvgIpc) is 2.82. The fraction of sp³-hybridized carbons (Fsp3) is 0.500. The van der Waals surface area contributed by atoms with Crippen LogP contribution in [0.1, 0.15) is 30.0 Å². The molecule has 19 heavy (non-hydrogen) atoms. The summed E-state index contributed by atoms with van der Waals surface area (Å²) in [6, 6.07) is 5.90. The third-order valence-corrected chi connectivity index (χ3v) is 5.03. The smallest absolute Gasteiger partial charge is 0.170 e. The third kappa shape index (κ3) is 3.42. The van der Waals surface area contributed by atoms with Gasteiger partial charge in [-0.1, -0.05) is 17.3 Å². The maximum atomic E-state index is 8.67. The number of ether oxygens (including phenoxy) is 1. The molecule has 1 saturated heterocycles. The van der Waals surface area contributed by atoms with Crippen molar-refractivity contribution < 1.29 is 9.94 Å². The summed E-state index contributed by atoms with van der Waals surface area (Å²) >= 11 is 1.94. The van der Waals surface area contributed by atoms with Gasteiger partial charge in [-0.15, -0.1) is 0 Å². The summed E-state index contributed by atoms with van der Waals surface area (Å²) in [6.45, 7) is 5.07. The molecule has 2 rings (SSSR count). The van der Waals surface area contributed by atoms with Crippen LogP contribution in [0.15, 0.2) is 23.4 Å². The van der Waals surface area contributed by atoms with Crippen LogP contribution in [0.2, 0.25) is 0 Å². The molecule has 0 saturated carbocycles. The van der Waals surface area contributed by atoms with Gasteiger partial charge in [0.25, 0.3) is 0 Å². The molecule has 1 aromatic carbocycles. The molecule has 0 radical (unpaired) electrons. The maximum absolute atomic E-state index is 8.67. The topological polar surface area (TPSA) is 67.8 Å². The highest BCUT2D eigenvalue weighted by Gasteiger charge is 2.24. The van der Waals surface area contributed by atoms with Crippen molar-refractivity contribution in [3.05, 3.63) is 34.9 Å². The van der Waals surface area contributed by atoms with E-state index in [0.29, 0.717) is 11.4 Å². The van der Waals surface area contributed by atoms with Gasteiger partial charge in [0.1, 0.15) is 0 Å². The van der Waals surface area contributed by atoms with Gasteiger partial charge in [-0.2, -0.15) is 11.8 Å². The van der Waals surface area contributed by atoms with Crippen LogP contribution in [0, 0.1) is 6.92 Å². The van der Waals surface area contributed by atoms with Gasteiger partial charge in [0.15, 0.2) is 5.84 Å². The summed E-state index contributed by atoms with van der Waals surface area (Å²) in [5, 5.41) is 12.3. The number of nitrogens with zero attached hydrogens (tertiary/aromatic N) is 1. The molecule has 4 nitrogen and oxygen atoms in total. The largest absolute Gasteiger partial charge is 0.409 e. The first-order chi connectivity index (χ1) is 9.11. The minimum absolute atomic E-state index is 0.153.